The standard InChI is InChI=1S/C18H15ClN2O4/c1-24-10-12-2-4-13(5-3-12)18(23)25-11-15-8-17(22)21-9-14(19)6-7-16(21)20-15/h2-9H,10-11H2,1H3. The highest BCUT2D eigenvalue weighted by molar-refractivity contribution is 6.30. The number of hydrogen-bond acceptors (Lipinski definition) is 5. The summed E-state index contributed by atoms with van der Waals surface area (Å²) in [5.74, 6) is -0.484. The molecule has 0 spiro atoms. The Hall–Kier alpha value is -2.70. The van der Waals surface area contributed by atoms with Gasteiger partial charge in [0.1, 0.15) is 12.3 Å². The first-order valence-corrected chi connectivity index (χ1v) is 7.87. The summed E-state index contributed by atoms with van der Waals surface area (Å²) in [6.45, 7) is 0.386. The van der Waals surface area contributed by atoms with Gasteiger partial charge < -0.3 is 9.47 Å². The fourth-order valence-corrected chi connectivity index (χ4v) is 2.49. The third-order valence-corrected chi connectivity index (χ3v) is 3.75. The Labute approximate surface area is 148 Å². The molecule has 2 aromatic heterocycles. The van der Waals surface area contributed by atoms with E-state index in [2.05, 4.69) is 4.98 Å². The fraction of sp³-hybridized carbons (Fsp3) is 0.167. The number of aromatic nitrogens is 2. The van der Waals surface area contributed by atoms with Crippen molar-refractivity contribution in [1.29, 1.82) is 0 Å². The number of rotatable bonds is 5. The first-order valence-electron chi connectivity index (χ1n) is 7.49. The zero-order valence-electron chi connectivity index (χ0n) is 13.4. The molecule has 1 aromatic carbocycles. The maximum absolute atomic E-state index is 12.1. The van der Waals surface area contributed by atoms with Gasteiger partial charge in [0.15, 0.2) is 0 Å². The summed E-state index contributed by atoms with van der Waals surface area (Å²) in [6.07, 6.45) is 1.49. The fourth-order valence-electron chi connectivity index (χ4n) is 2.33. The molecule has 0 fully saturated rings. The van der Waals surface area contributed by atoms with Gasteiger partial charge in [-0.15, -0.1) is 0 Å². The number of esters is 1. The summed E-state index contributed by atoms with van der Waals surface area (Å²) >= 11 is 5.87. The molecule has 0 N–H and O–H groups in total. The van der Waals surface area contributed by atoms with Gasteiger partial charge in [-0.25, -0.2) is 9.78 Å². The van der Waals surface area contributed by atoms with Crippen LogP contribution < -0.4 is 5.56 Å². The highest BCUT2D eigenvalue weighted by Crippen LogP contribution is 2.10. The minimum Gasteiger partial charge on any atom is -0.456 e. The van der Waals surface area contributed by atoms with Crippen molar-refractivity contribution in [2.45, 2.75) is 13.2 Å². The van der Waals surface area contributed by atoms with Crippen molar-refractivity contribution in [1.82, 2.24) is 9.38 Å². The summed E-state index contributed by atoms with van der Waals surface area (Å²) < 4.78 is 11.6. The van der Waals surface area contributed by atoms with E-state index in [9.17, 15) is 9.59 Å². The predicted molar refractivity (Wildman–Crippen MR) is 92.7 cm³/mol. The number of pyridine rings is 1. The van der Waals surface area contributed by atoms with E-state index in [1.54, 1.807) is 43.5 Å². The molecule has 0 atom stereocenters. The Bertz CT molecular complexity index is 967. The minimum absolute atomic E-state index is 0.0903. The topological polar surface area (TPSA) is 69.9 Å². The lowest BCUT2D eigenvalue weighted by Crippen LogP contribution is -2.16. The van der Waals surface area contributed by atoms with Gasteiger partial charge >= 0.3 is 5.97 Å². The first kappa shape index (κ1) is 17.1. The van der Waals surface area contributed by atoms with E-state index in [1.807, 2.05) is 0 Å². The molecule has 0 saturated carbocycles. The van der Waals surface area contributed by atoms with Crippen LogP contribution in [0.4, 0.5) is 0 Å². The Morgan fingerprint density at radius 3 is 2.64 bits per heavy atom. The largest absolute Gasteiger partial charge is 0.456 e. The van der Waals surface area contributed by atoms with Gasteiger partial charge in [0.25, 0.3) is 5.56 Å². The molecule has 2 heterocycles. The van der Waals surface area contributed by atoms with Crippen LogP contribution in [0.15, 0.2) is 53.5 Å². The van der Waals surface area contributed by atoms with Crippen LogP contribution in [0.3, 0.4) is 0 Å². The highest BCUT2D eigenvalue weighted by atomic mass is 35.5. The summed E-state index contributed by atoms with van der Waals surface area (Å²) in [4.78, 5) is 28.5. The quantitative estimate of drug-likeness (QED) is 0.656. The lowest BCUT2D eigenvalue weighted by Gasteiger charge is -2.07. The van der Waals surface area contributed by atoms with E-state index in [1.165, 1.54) is 16.7 Å². The predicted octanol–water partition coefficient (Wildman–Crippen LogP) is 2.85. The van der Waals surface area contributed by atoms with Gasteiger partial charge in [0.2, 0.25) is 0 Å². The van der Waals surface area contributed by atoms with Gasteiger partial charge in [-0.2, -0.15) is 0 Å². The molecule has 25 heavy (non-hydrogen) atoms. The van der Waals surface area contributed by atoms with Gasteiger partial charge in [-0.05, 0) is 29.8 Å². The second-order valence-corrected chi connectivity index (χ2v) is 5.80. The van der Waals surface area contributed by atoms with Crippen molar-refractivity contribution in [2.24, 2.45) is 0 Å². The molecule has 0 amide bonds. The van der Waals surface area contributed by atoms with Crippen LogP contribution in [0.2, 0.25) is 5.02 Å². The first-order chi connectivity index (χ1) is 12.1. The van der Waals surface area contributed by atoms with Crippen LogP contribution in [0.5, 0.6) is 0 Å². The zero-order valence-corrected chi connectivity index (χ0v) is 14.2. The Morgan fingerprint density at radius 1 is 1.16 bits per heavy atom. The van der Waals surface area contributed by atoms with Crippen molar-refractivity contribution in [3.05, 3.63) is 80.9 Å². The van der Waals surface area contributed by atoms with Gasteiger partial charge in [0, 0.05) is 19.4 Å². The molecule has 0 aliphatic heterocycles. The average Bonchev–Trinajstić information content (AvgIpc) is 2.61. The molecule has 3 aromatic rings. The maximum Gasteiger partial charge on any atom is 0.338 e. The monoisotopic (exact) mass is 358 g/mol. The molecule has 0 unspecified atom stereocenters. The zero-order chi connectivity index (χ0) is 17.8. The number of methoxy groups -OCH3 is 1. The third-order valence-electron chi connectivity index (χ3n) is 3.53. The number of carbonyl (C=O) groups excluding carboxylic acids is 1. The maximum atomic E-state index is 12.1. The van der Waals surface area contributed by atoms with Crippen molar-refractivity contribution < 1.29 is 14.3 Å². The van der Waals surface area contributed by atoms with Gasteiger partial charge in [-0.3, -0.25) is 9.20 Å². The second kappa shape index (κ2) is 7.46. The molecule has 0 saturated heterocycles. The molecule has 7 heteroatoms. The number of hydrogen-bond donors (Lipinski definition) is 0. The number of benzene rings is 1. The Morgan fingerprint density at radius 2 is 1.92 bits per heavy atom. The smallest absolute Gasteiger partial charge is 0.338 e. The molecule has 6 nitrogen and oxygen atoms in total. The molecule has 128 valence electrons. The van der Waals surface area contributed by atoms with E-state index < -0.39 is 5.97 Å². The van der Waals surface area contributed by atoms with E-state index in [0.29, 0.717) is 28.5 Å². The van der Waals surface area contributed by atoms with E-state index in [0.717, 1.165) is 5.56 Å². The van der Waals surface area contributed by atoms with Crippen molar-refractivity contribution in [3.8, 4) is 0 Å². The number of nitrogens with zero attached hydrogens (tertiary/aromatic N) is 2. The molecular formula is C18H15ClN2O4. The summed E-state index contributed by atoms with van der Waals surface area (Å²) in [6, 6.07) is 11.5. The van der Waals surface area contributed by atoms with Crippen LogP contribution in [0, 0.1) is 0 Å². The summed E-state index contributed by atoms with van der Waals surface area (Å²) in [5, 5.41) is 0.437. The number of fused-ring (bicyclic) bond motifs is 1. The molecule has 0 aliphatic rings. The summed E-state index contributed by atoms with van der Waals surface area (Å²) in [5.41, 5.74) is 1.90. The lowest BCUT2D eigenvalue weighted by atomic mass is 10.1. The Kier molecular flexibility index (Phi) is 5.11. The number of halogens is 1. The van der Waals surface area contributed by atoms with Crippen LogP contribution >= 0.6 is 11.6 Å². The normalized spacial score (nSPS) is 10.8. The lowest BCUT2D eigenvalue weighted by molar-refractivity contribution is 0.0467. The average molecular weight is 359 g/mol. The molecular weight excluding hydrogens is 344 g/mol. The summed E-state index contributed by atoms with van der Waals surface area (Å²) in [7, 11) is 1.61. The van der Waals surface area contributed by atoms with E-state index >= 15 is 0 Å². The molecule has 0 aliphatic carbocycles. The van der Waals surface area contributed by atoms with Crippen LogP contribution in [-0.4, -0.2) is 22.5 Å². The Balaban J connectivity index is 1.72. The van der Waals surface area contributed by atoms with Crippen LogP contribution in [0.25, 0.3) is 5.65 Å². The number of ether oxygens (including phenoxy) is 2. The minimum atomic E-state index is -0.484. The number of carbonyl (C=O) groups is 1. The van der Waals surface area contributed by atoms with Crippen molar-refractivity contribution >= 4 is 23.2 Å². The molecule has 3 rings (SSSR count). The SMILES string of the molecule is COCc1ccc(C(=O)OCc2cc(=O)n3cc(Cl)ccc3n2)cc1. The third kappa shape index (κ3) is 4.04. The highest BCUT2D eigenvalue weighted by Gasteiger charge is 2.09. The van der Waals surface area contributed by atoms with Crippen molar-refractivity contribution in [3.63, 3.8) is 0 Å². The second-order valence-electron chi connectivity index (χ2n) is 5.37. The van der Waals surface area contributed by atoms with Crippen LogP contribution in [-0.2, 0) is 22.7 Å². The molecule has 0 bridgehead atoms. The van der Waals surface area contributed by atoms with Gasteiger partial charge in [-0.1, -0.05) is 23.7 Å². The van der Waals surface area contributed by atoms with E-state index in [4.69, 9.17) is 21.1 Å². The molecule has 0 radical (unpaired) electrons. The van der Waals surface area contributed by atoms with Crippen LogP contribution in [0.1, 0.15) is 21.6 Å². The van der Waals surface area contributed by atoms with Crippen molar-refractivity contribution in [2.75, 3.05) is 7.11 Å². The van der Waals surface area contributed by atoms with E-state index in [-0.39, 0.29) is 12.2 Å². The van der Waals surface area contributed by atoms with Gasteiger partial charge in [0.05, 0.1) is 22.9 Å².